The molecule has 2 aliphatic heterocycles. The smallest absolute Gasteiger partial charge is 0.243 e. The fourth-order valence-electron chi connectivity index (χ4n) is 4.30. The number of carbonyl (C=O) groups is 2. The van der Waals surface area contributed by atoms with Gasteiger partial charge in [-0.1, -0.05) is 6.92 Å². The molecule has 0 saturated carbocycles. The van der Waals surface area contributed by atoms with Crippen molar-refractivity contribution < 1.29 is 22.7 Å². The van der Waals surface area contributed by atoms with Gasteiger partial charge in [-0.3, -0.25) is 14.5 Å². The molecule has 2 amide bonds. The van der Waals surface area contributed by atoms with Crippen LogP contribution in [0.3, 0.4) is 0 Å². The third kappa shape index (κ3) is 7.93. The zero-order chi connectivity index (χ0) is 24.6. The highest BCUT2D eigenvalue weighted by Crippen LogP contribution is 2.22. The van der Waals surface area contributed by atoms with Crippen LogP contribution in [0.5, 0.6) is 5.75 Å². The third-order valence-electron chi connectivity index (χ3n) is 6.22. The van der Waals surface area contributed by atoms with Gasteiger partial charge < -0.3 is 21.1 Å². The van der Waals surface area contributed by atoms with E-state index in [0.29, 0.717) is 45.0 Å². The standard InChI is InChI=1S/C23H37N5O5S/c1-18(16-22(24)29)17-23(30)26-10-11-27-12-14-28(15-13-27)34(31,32)21-4-2-19(3-5-21)33-20-6-8-25-9-7-20/h2-5,18,20,25H,6-17H2,1H3,(H2,24,29)(H,26,30)/t18-/m0/s1. The maximum Gasteiger partial charge on any atom is 0.243 e. The molecule has 2 saturated heterocycles. The topological polar surface area (TPSA) is 134 Å². The van der Waals surface area contributed by atoms with Crippen LogP contribution in [-0.2, 0) is 19.6 Å². The van der Waals surface area contributed by atoms with Crippen LogP contribution in [-0.4, -0.2) is 87.9 Å². The molecule has 10 nitrogen and oxygen atoms in total. The first-order chi connectivity index (χ1) is 16.2. The first-order valence-corrected chi connectivity index (χ1v) is 13.4. The van der Waals surface area contributed by atoms with E-state index in [-0.39, 0.29) is 35.7 Å². The minimum atomic E-state index is -3.56. The Morgan fingerprint density at radius 1 is 1.12 bits per heavy atom. The number of ether oxygens (including phenoxy) is 1. The Labute approximate surface area is 202 Å². The zero-order valence-electron chi connectivity index (χ0n) is 19.9. The summed E-state index contributed by atoms with van der Waals surface area (Å²) in [4.78, 5) is 25.3. The van der Waals surface area contributed by atoms with Gasteiger partial charge >= 0.3 is 0 Å². The maximum atomic E-state index is 13.0. The van der Waals surface area contributed by atoms with Gasteiger partial charge in [0.2, 0.25) is 21.8 Å². The van der Waals surface area contributed by atoms with Gasteiger partial charge in [-0.05, 0) is 56.1 Å². The second-order valence-electron chi connectivity index (χ2n) is 9.11. The van der Waals surface area contributed by atoms with E-state index in [0.717, 1.165) is 25.9 Å². The van der Waals surface area contributed by atoms with Crippen molar-refractivity contribution in [3.63, 3.8) is 0 Å². The SMILES string of the molecule is C[C@@H](CC(N)=O)CC(=O)NCCN1CCN(S(=O)(=O)c2ccc(OC3CCNCC3)cc2)CC1. The number of primary amides is 1. The molecule has 190 valence electrons. The van der Waals surface area contributed by atoms with E-state index in [4.69, 9.17) is 10.5 Å². The number of hydrogen-bond donors (Lipinski definition) is 3. The molecule has 11 heteroatoms. The maximum absolute atomic E-state index is 13.0. The summed E-state index contributed by atoms with van der Waals surface area (Å²) in [6, 6.07) is 6.70. The van der Waals surface area contributed by atoms with Gasteiger partial charge in [0.1, 0.15) is 11.9 Å². The van der Waals surface area contributed by atoms with E-state index >= 15 is 0 Å². The molecule has 3 rings (SSSR count). The lowest BCUT2D eigenvalue weighted by Crippen LogP contribution is -2.50. The molecule has 2 fully saturated rings. The summed E-state index contributed by atoms with van der Waals surface area (Å²) < 4.78 is 33.6. The highest BCUT2D eigenvalue weighted by atomic mass is 32.2. The first kappa shape index (κ1) is 26.4. The number of nitrogens with zero attached hydrogens (tertiary/aromatic N) is 2. The Morgan fingerprint density at radius 3 is 2.38 bits per heavy atom. The Hall–Kier alpha value is -2.21. The molecule has 1 aromatic rings. The number of hydrogen-bond acceptors (Lipinski definition) is 7. The Balaban J connectivity index is 1.40. The van der Waals surface area contributed by atoms with Crippen LogP contribution in [0.1, 0.15) is 32.6 Å². The fourth-order valence-corrected chi connectivity index (χ4v) is 5.72. The molecule has 4 N–H and O–H groups in total. The third-order valence-corrected chi connectivity index (χ3v) is 8.13. The molecule has 0 spiro atoms. The molecular formula is C23H37N5O5S. The largest absolute Gasteiger partial charge is 0.490 e. The van der Waals surface area contributed by atoms with Gasteiger partial charge in [-0.25, -0.2) is 8.42 Å². The number of sulfonamides is 1. The summed E-state index contributed by atoms with van der Waals surface area (Å²) in [5.74, 6) is 0.0929. The highest BCUT2D eigenvalue weighted by molar-refractivity contribution is 7.89. The van der Waals surface area contributed by atoms with Crippen LogP contribution in [0.25, 0.3) is 0 Å². The minimum Gasteiger partial charge on any atom is -0.490 e. The number of piperidine rings is 1. The molecule has 0 radical (unpaired) electrons. The molecule has 2 aliphatic rings. The van der Waals surface area contributed by atoms with Crippen LogP contribution >= 0.6 is 0 Å². The summed E-state index contributed by atoms with van der Waals surface area (Å²) in [6.07, 6.45) is 2.51. The van der Waals surface area contributed by atoms with Gasteiger partial charge in [-0.2, -0.15) is 4.31 Å². The van der Waals surface area contributed by atoms with Crippen LogP contribution in [0.15, 0.2) is 29.2 Å². The van der Waals surface area contributed by atoms with Crippen molar-refractivity contribution in [3.8, 4) is 5.75 Å². The summed E-state index contributed by atoms with van der Waals surface area (Å²) >= 11 is 0. The number of carbonyl (C=O) groups excluding carboxylic acids is 2. The Bertz CT molecular complexity index is 910. The zero-order valence-corrected chi connectivity index (χ0v) is 20.7. The predicted molar refractivity (Wildman–Crippen MR) is 129 cm³/mol. The average molecular weight is 496 g/mol. The van der Waals surface area contributed by atoms with E-state index in [1.807, 2.05) is 6.92 Å². The first-order valence-electron chi connectivity index (χ1n) is 12.0. The lowest BCUT2D eigenvalue weighted by Gasteiger charge is -2.34. The van der Waals surface area contributed by atoms with Gasteiger partial charge in [0.15, 0.2) is 0 Å². The monoisotopic (exact) mass is 495 g/mol. The van der Waals surface area contributed by atoms with Crippen molar-refractivity contribution >= 4 is 21.8 Å². The van der Waals surface area contributed by atoms with E-state index in [9.17, 15) is 18.0 Å². The van der Waals surface area contributed by atoms with E-state index in [1.54, 1.807) is 24.3 Å². The number of piperazine rings is 1. The normalized spacial score (nSPS) is 19.4. The number of amides is 2. The molecule has 1 aromatic carbocycles. The van der Waals surface area contributed by atoms with Crippen LogP contribution in [0, 0.1) is 5.92 Å². The fraction of sp³-hybridized carbons (Fsp3) is 0.652. The number of benzene rings is 1. The molecule has 0 unspecified atom stereocenters. The molecule has 2 heterocycles. The molecule has 0 aliphatic carbocycles. The molecule has 0 aromatic heterocycles. The molecule has 0 bridgehead atoms. The summed E-state index contributed by atoms with van der Waals surface area (Å²) in [7, 11) is -3.56. The van der Waals surface area contributed by atoms with Gasteiger partial charge in [-0.15, -0.1) is 0 Å². The molecular weight excluding hydrogens is 458 g/mol. The second-order valence-corrected chi connectivity index (χ2v) is 11.1. The highest BCUT2D eigenvalue weighted by Gasteiger charge is 2.28. The Morgan fingerprint density at radius 2 is 1.76 bits per heavy atom. The van der Waals surface area contributed by atoms with Crippen LogP contribution in [0.4, 0.5) is 0 Å². The lowest BCUT2D eigenvalue weighted by atomic mass is 10.0. The number of nitrogens with two attached hydrogens (primary N) is 1. The molecule has 34 heavy (non-hydrogen) atoms. The van der Waals surface area contributed by atoms with Gasteiger partial charge in [0.05, 0.1) is 4.90 Å². The van der Waals surface area contributed by atoms with Crippen molar-refractivity contribution in [2.45, 2.75) is 43.6 Å². The number of nitrogens with one attached hydrogen (secondary N) is 2. The quantitative estimate of drug-likeness (QED) is 0.398. The van der Waals surface area contributed by atoms with E-state index in [2.05, 4.69) is 15.5 Å². The number of rotatable bonds is 11. The molecule has 1 atom stereocenters. The summed E-state index contributed by atoms with van der Waals surface area (Å²) in [5, 5.41) is 6.15. The van der Waals surface area contributed by atoms with Gasteiger partial charge in [0, 0.05) is 52.1 Å². The van der Waals surface area contributed by atoms with Crippen molar-refractivity contribution in [1.29, 1.82) is 0 Å². The van der Waals surface area contributed by atoms with Crippen LogP contribution < -0.4 is 21.1 Å². The van der Waals surface area contributed by atoms with E-state index < -0.39 is 15.9 Å². The van der Waals surface area contributed by atoms with E-state index in [1.165, 1.54) is 4.31 Å². The van der Waals surface area contributed by atoms with Crippen molar-refractivity contribution in [1.82, 2.24) is 19.8 Å². The second kappa shape index (κ2) is 12.5. The van der Waals surface area contributed by atoms with Crippen molar-refractivity contribution in [3.05, 3.63) is 24.3 Å². The van der Waals surface area contributed by atoms with Crippen molar-refractivity contribution in [2.75, 3.05) is 52.4 Å². The van der Waals surface area contributed by atoms with Crippen molar-refractivity contribution in [2.24, 2.45) is 11.7 Å². The van der Waals surface area contributed by atoms with Gasteiger partial charge in [0.25, 0.3) is 0 Å². The van der Waals surface area contributed by atoms with Crippen LogP contribution in [0.2, 0.25) is 0 Å². The Kier molecular flexibility index (Phi) is 9.69. The summed E-state index contributed by atoms with van der Waals surface area (Å²) in [6.45, 7) is 6.82. The predicted octanol–water partition coefficient (Wildman–Crippen LogP) is 0.142. The average Bonchev–Trinajstić information content (AvgIpc) is 2.80. The summed E-state index contributed by atoms with van der Waals surface area (Å²) in [5.41, 5.74) is 5.16. The lowest BCUT2D eigenvalue weighted by molar-refractivity contribution is -0.122. The minimum absolute atomic E-state index is 0.0866.